The number of nitrogens with zero attached hydrogens (tertiary/aromatic N) is 3. The number of fused-ring (bicyclic) bond motifs is 2. The molecule has 0 spiro atoms. The fourth-order valence-electron chi connectivity index (χ4n) is 2.08. The molecule has 0 atom stereocenters. The van der Waals surface area contributed by atoms with Crippen molar-refractivity contribution < 1.29 is 14.8 Å². The van der Waals surface area contributed by atoms with Gasteiger partial charge in [0.2, 0.25) is 0 Å². The predicted molar refractivity (Wildman–Crippen MR) is 70.7 cm³/mol. The summed E-state index contributed by atoms with van der Waals surface area (Å²) in [6, 6.07) is 5.60. The lowest BCUT2D eigenvalue weighted by Gasteiger charge is -2.05. The molecule has 0 saturated carbocycles. The fraction of sp³-hybridized carbons (Fsp3) is 0. The average molecular weight is 269 g/mol. The van der Waals surface area contributed by atoms with Crippen LogP contribution in [0.5, 0.6) is 0 Å². The Bertz CT molecular complexity index is 804. The molecule has 0 fully saturated rings. The summed E-state index contributed by atoms with van der Waals surface area (Å²) in [6.07, 6.45) is 3.03. The van der Waals surface area contributed by atoms with Gasteiger partial charge in [-0.3, -0.25) is 15.1 Å². The number of benzene rings is 1. The number of pyridine rings is 2. The Balaban J connectivity index is 2.52. The Hall–Kier alpha value is -3.09. The number of nitro benzene ring substituents is 1. The number of aromatic nitrogens is 2. The molecule has 2 aromatic heterocycles. The molecular formula is C13H7N3O4. The van der Waals surface area contributed by atoms with Crippen molar-refractivity contribution in [3.63, 3.8) is 0 Å². The SMILES string of the molecule is O=C(O)c1ccc([N+](=O)[O-])c2cc3ccncc3nc12. The van der Waals surface area contributed by atoms with Gasteiger partial charge in [0.15, 0.2) is 0 Å². The lowest BCUT2D eigenvalue weighted by atomic mass is 10.1. The summed E-state index contributed by atoms with van der Waals surface area (Å²) in [6.45, 7) is 0. The maximum absolute atomic E-state index is 11.2. The molecule has 0 bridgehead atoms. The van der Waals surface area contributed by atoms with Crippen molar-refractivity contribution in [1.82, 2.24) is 9.97 Å². The van der Waals surface area contributed by atoms with Crippen LogP contribution in [0.15, 0.2) is 36.7 Å². The summed E-state index contributed by atoms with van der Waals surface area (Å²) in [5, 5.41) is 21.1. The van der Waals surface area contributed by atoms with Gasteiger partial charge < -0.3 is 5.11 Å². The van der Waals surface area contributed by atoms with Gasteiger partial charge in [-0.15, -0.1) is 0 Å². The number of nitro groups is 1. The number of hydrogen-bond donors (Lipinski definition) is 1. The Kier molecular flexibility index (Phi) is 2.53. The highest BCUT2D eigenvalue weighted by atomic mass is 16.6. The van der Waals surface area contributed by atoms with Crippen LogP contribution in [0.3, 0.4) is 0 Å². The Morgan fingerprint density at radius 2 is 2.10 bits per heavy atom. The largest absolute Gasteiger partial charge is 0.478 e. The number of carbonyl (C=O) groups is 1. The van der Waals surface area contributed by atoms with E-state index in [-0.39, 0.29) is 22.2 Å². The molecule has 1 aromatic carbocycles. The van der Waals surface area contributed by atoms with E-state index >= 15 is 0 Å². The molecule has 0 unspecified atom stereocenters. The van der Waals surface area contributed by atoms with Crippen LogP contribution in [0, 0.1) is 10.1 Å². The maximum Gasteiger partial charge on any atom is 0.337 e. The summed E-state index contributed by atoms with van der Waals surface area (Å²) in [7, 11) is 0. The van der Waals surface area contributed by atoms with Crippen LogP contribution in [0.25, 0.3) is 21.8 Å². The molecular weight excluding hydrogens is 262 g/mol. The molecule has 0 amide bonds. The molecule has 1 N–H and O–H groups in total. The summed E-state index contributed by atoms with van der Waals surface area (Å²) in [4.78, 5) is 29.8. The van der Waals surface area contributed by atoms with Crippen LogP contribution >= 0.6 is 0 Å². The summed E-state index contributed by atoms with van der Waals surface area (Å²) < 4.78 is 0. The minimum Gasteiger partial charge on any atom is -0.478 e. The van der Waals surface area contributed by atoms with Crippen LogP contribution in [-0.4, -0.2) is 26.0 Å². The first-order valence-electron chi connectivity index (χ1n) is 5.63. The molecule has 7 nitrogen and oxygen atoms in total. The lowest BCUT2D eigenvalue weighted by Crippen LogP contribution is -2.01. The first-order valence-corrected chi connectivity index (χ1v) is 5.63. The molecule has 20 heavy (non-hydrogen) atoms. The van der Waals surface area contributed by atoms with Crippen molar-refractivity contribution >= 4 is 33.5 Å². The van der Waals surface area contributed by atoms with Gasteiger partial charge in [-0.1, -0.05) is 0 Å². The lowest BCUT2D eigenvalue weighted by molar-refractivity contribution is -0.383. The smallest absolute Gasteiger partial charge is 0.337 e. The van der Waals surface area contributed by atoms with Crippen molar-refractivity contribution in [1.29, 1.82) is 0 Å². The van der Waals surface area contributed by atoms with E-state index in [0.29, 0.717) is 10.9 Å². The van der Waals surface area contributed by atoms with Crippen LogP contribution in [-0.2, 0) is 0 Å². The second-order valence-corrected chi connectivity index (χ2v) is 4.15. The summed E-state index contributed by atoms with van der Waals surface area (Å²) in [5.74, 6) is -1.18. The van der Waals surface area contributed by atoms with Gasteiger partial charge in [-0.2, -0.15) is 0 Å². The molecule has 3 rings (SSSR count). The first kappa shape index (κ1) is 12.0. The summed E-state index contributed by atoms with van der Waals surface area (Å²) >= 11 is 0. The zero-order valence-corrected chi connectivity index (χ0v) is 9.98. The molecule has 7 heteroatoms. The summed E-state index contributed by atoms with van der Waals surface area (Å²) in [5.41, 5.74) is 0.336. The van der Waals surface area contributed by atoms with Gasteiger partial charge in [0.1, 0.15) is 0 Å². The molecule has 0 aliphatic rings. The van der Waals surface area contributed by atoms with Crippen molar-refractivity contribution in [2.45, 2.75) is 0 Å². The molecule has 0 aliphatic heterocycles. The third kappa shape index (κ3) is 1.72. The molecule has 2 heterocycles. The third-order valence-electron chi connectivity index (χ3n) is 2.99. The van der Waals surface area contributed by atoms with Gasteiger partial charge in [0, 0.05) is 17.6 Å². The van der Waals surface area contributed by atoms with E-state index in [1.807, 2.05) is 0 Å². The van der Waals surface area contributed by atoms with E-state index in [4.69, 9.17) is 5.11 Å². The number of non-ortho nitro benzene ring substituents is 1. The van der Waals surface area contributed by atoms with E-state index in [0.717, 1.165) is 0 Å². The van der Waals surface area contributed by atoms with Crippen LogP contribution in [0.2, 0.25) is 0 Å². The minimum absolute atomic E-state index is 0.0728. The zero-order chi connectivity index (χ0) is 14.3. The van der Waals surface area contributed by atoms with Gasteiger partial charge in [-0.25, -0.2) is 9.78 Å². The molecule has 0 radical (unpaired) electrons. The van der Waals surface area contributed by atoms with E-state index in [9.17, 15) is 14.9 Å². The maximum atomic E-state index is 11.2. The highest BCUT2D eigenvalue weighted by molar-refractivity contribution is 6.07. The second-order valence-electron chi connectivity index (χ2n) is 4.15. The van der Waals surface area contributed by atoms with E-state index in [2.05, 4.69) is 9.97 Å². The molecule has 0 aliphatic carbocycles. The van der Waals surface area contributed by atoms with E-state index < -0.39 is 10.9 Å². The molecule has 3 aromatic rings. The third-order valence-corrected chi connectivity index (χ3v) is 2.99. The van der Waals surface area contributed by atoms with Crippen molar-refractivity contribution in [2.24, 2.45) is 0 Å². The number of hydrogen-bond acceptors (Lipinski definition) is 5. The Morgan fingerprint density at radius 3 is 2.80 bits per heavy atom. The fourth-order valence-corrected chi connectivity index (χ4v) is 2.08. The number of aromatic carboxylic acids is 1. The molecule has 0 saturated heterocycles. The highest BCUT2D eigenvalue weighted by Crippen LogP contribution is 2.29. The van der Waals surface area contributed by atoms with E-state index in [1.165, 1.54) is 18.3 Å². The highest BCUT2D eigenvalue weighted by Gasteiger charge is 2.19. The van der Waals surface area contributed by atoms with Crippen LogP contribution < -0.4 is 0 Å². The average Bonchev–Trinajstić information content (AvgIpc) is 2.43. The monoisotopic (exact) mass is 269 g/mol. The normalized spacial score (nSPS) is 10.8. The standard InChI is InChI=1S/C13H7N3O4/c17-13(18)8-1-2-11(16(19)20)9-5-7-3-4-14-6-10(7)15-12(8)9/h1-6H,(H,17,18). The predicted octanol–water partition coefficient (Wildman–Crippen LogP) is 2.39. The van der Waals surface area contributed by atoms with E-state index in [1.54, 1.807) is 18.3 Å². The topological polar surface area (TPSA) is 106 Å². The van der Waals surface area contributed by atoms with Gasteiger partial charge in [-0.05, 0) is 18.2 Å². The van der Waals surface area contributed by atoms with Gasteiger partial charge in [0.25, 0.3) is 5.69 Å². The molecule has 98 valence electrons. The van der Waals surface area contributed by atoms with Gasteiger partial charge >= 0.3 is 5.97 Å². The van der Waals surface area contributed by atoms with Crippen LogP contribution in [0.4, 0.5) is 5.69 Å². The zero-order valence-electron chi connectivity index (χ0n) is 9.98. The Labute approximate surface area is 111 Å². The Morgan fingerprint density at radius 1 is 1.30 bits per heavy atom. The van der Waals surface area contributed by atoms with Crippen molar-refractivity contribution in [3.05, 3.63) is 52.3 Å². The minimum atomic E-state index is -1.18. The quantitative estimate of drug-likeness (QED) is 0.435. The number of carboxylic acid groups (broad SMARTS) is 1. The van der Waals surface area contributed by atoms with Crippen LogP contribution in [0.1, 0.15) is 10.4 Å². The second kappa shape index (κ2) is 4.23. The number of carboxylic acids is 1. The number of rotatable bonds is 2. The van der Waals surface area contributed by atoms with Gasteiger partial charge in [0.05, 0.1) is 33.1 Å². The van der Waals surface area contributed by atoms with Crippen molar-refractivity contribution in [3.8, 4) is 0 Å². The van der Waals surface area contributed by atoms with Crippen molar-refractivity contribution in [2.75, 3.05) is 0 Å². The first-order chi connectivity index (χ1) is 9.58.